The summed E-state index contributed by atoms with van der Waals surface area (Å²) in [7, 11) is 0. The van der Waals surface area contributed by atoms with E-state index in [0.717, 1.165) is 11.1 Å². The molecule has 0 aliphatic heterocycles. The van der Waals surface area contributed by atoms with Crippen molar-refractivity contribution in [2.24, 2.45) is 5.92 Å². The van der Waals surface area contributed by atoms with Gasteiger partial charge in [-0.2, -0.15) is 0 Å². The van der Waals surface area contributed by atoms with Crippen molar-refractivity contribution in [3.8, 4) is 11.5 Å². The molecule has 0 bridgehead atoms. The molecular formula is C22H27N3O3S. The predicted molar refractivity (Wildman–Crippen MR) is 114 cm³/mol. The molecule has 2 heterocycles. The van der Waals surface area contributed by atoms with E-state index in [1.54, 1.807) is 12.3 Å². The van der Waals surface area contributed by atoms with Crippen molar-refractivity contribution in [1.82, 2.24) is 15.5 Å². The van der Waals surface area contributed by atoms with Crippen molar-refractivity contribution < 1.29 is 13.6 Å². The molecule has 0 saturated carbocycles. The number of amides is 1. The molecule has 0 radical (unpaired) electrons. The van der Waals surface area contributed by atoms with E-state index in [-0.39, 0.29) is 23.6 Å². The van der Waals surface area contributed by atoms with Gasteiger partial charge in [0, 0.05) is 0 Å². The van der Waals surface area contributed by atoms with Gasteiger partial charge in [0.15, 0.2) is 0 Å². The average Bonchev–Trinajstić information content (AvgIpc) is 3.32. The van der Waals surface area contributed by atoms with Crippen LogP contribution in [0.3, 0.4) is 0 Å². The molecule has 3 aromatic rings. The Morgan fingerprint density at radius 2 is 1.76 bits per heavy atom. The highest BCUT2D eigenvalue weighted by molar-refractivity contribution is 7.99. The zero-order valence-electron chi connectivity index (χ0n) is 17.4. The molecule has 0 saturated heterocycles. The SMILES string of the molecule is Cc1occc1-c1nnc(SCC(=O)N[C@H](c2ccc(C(C)C)cc2)C(C)C)o1. The molecule has 0 aliphatic carbocycles. The number of nitrogens with zero attached hydrogens (tertiary/aromatic N) is 2. The topological polar surface area (TPSA) is 81.2 Å². The first-order valence-corrected chi connectivity index (χ1v) is 10.7. The van der Waals surface area contributed by atoms with Gasteiger partial charge in [-0.15, -0.1) is 10.2 Å². The van der Waals surface area contributed by atoms with Gasteiger partial charge in [-0.3, -0.25) is 4.79 Å². The Morgan fingerprint density at radius 1 is 1.07 bits per heavy atom. The third-order valence-corrected chi connectivity index (χ3v) is 5.59. The molecule has 0 spiro atoms. The predicted octanol–water partition coefficient (Wildman–Crippen LogP) is 5.37. The summed E-state index contributed by atoms with van der Waals surface area (Å²) in [6.45, 7) is 10.4. The van der Waals surface area contributed by atoms with Gasteiger partial charge in [0.25, 0.3) is 11.1 Å². The first-order chi connectivity index (χ1) is 13.8. The van der Waals surface area contributed by atoms with Crippen LogP contribution in [0.5, 0.6) is 0 Å². The van der Waals surface area contributed by atoms with Crippen LogP contribution in [0.4, 0.5) is 0 Å². The summed E-state index contributed by atoms with van der Waals surface area (Å²) >= 11 is 1.22. The van der Waals surface area contributed by atoms with Crippen molar-refractivity contribution in [2.45, 2.75) is 51.8 Å². The number of benzene rings is 1. The number of carbonyl (C=O) groups is 1. The molecule has 6 nitrogen and oxygen atoms in total. The largest absolute Gasteiger partial charge is 0.469 e. The fraction of sp³-hybridized carbons (Fsp3) is 0.409. The summed E-state index contributed by atoms with van der Waals surface area (Å²) in [5, 5.41) is 11.5. The van der Waals surface area contributed by atoms with Gasteiger partial charge in [-0.05, 0) is 36.0 Å². The minimum Gasteiger partial charge on any atom is -0.469 e. The van der Waals surface area contributed by atoms with Gasteiger partial charge in [-0.25, -0.2) is 0 Å². The Morgan fingerprint density at radius 3 is 2.34 bits per heavy atom. The number of rotatable bonds is 8. The molecule has 1 N–H and O–H groups in total. The molecule has 154 valence electrons. The van der Waals surface area contributed by atoms with Gasteiger partial charge < -0.3 is 14.2 Å². The van der Waals surface area contributed by atoms with Crippen LogP contribution in [0.25, 0.3) is 11.5 Å². The van der Waals surface area contributed by atoms with Crippen molar-refractivity contribution in [2.75, 3.05) is 5.75 Å². The van der Waals surface area contributed by atoms with Gasteiger partial charge in [0.05, 0.1) is 23.6 Å². The molecule has 29 heavy (non-hydrogen) atoms. The zero-order valence-corrected chi connectivity index (χ0v) is 18.2. The minimum absolute atomic E-state index is 0.0452. The molecule has 1 atom stereocenters. The normalized spacial score (nSPS) is 12.5. The van der Waals surface area contributed by atoms with Crippen LogP contribution in [0.1, 0.15) is 56.5 Å². The van der Waals surface area contributed by atoms with Crippen LogP contribution < -0.4 is 5.32 Å². The Labute approximate surface area is 175 Å². The summed E-state index contributed by atoms with van der Waals surface area (Å²) < 4.78 is 10.9. The maximum absolute atomic E-state index is 12.5. The highest BCUT2D eigenvalue weighted by Crippen LogP contribution is 2.27. The van der Waals surface area contributed by atoms with E-state index in [2.05, 4.69) is 67.5 Å². The first kappa shape index (κ1) is 21.2. The van der Waals surface area contributed by atoms with Gasteiger partial charge in [0.1, 0.15) is 5.76 Å². The van der Waals surface area contributed by atoms with Crippen LogP contribution in [-0.2, 0) is 4.79 Å². The molecule has 3 rings (SSSR count). The van der Waals surface area contributed by atoms with E-state index in [9.17, 15) is 4.79 Å². The first-order valence-electron chi connectivity index (χ1n) is 9.75. The standard InChI is InChI=1S/C22H27N3O3S/c1-13(2)16-6-8-17(9-7-16)20(14(3)4)23-19(26)12-29-22-25-24-21(28-22)18-10-11-27-15(18)5/h6-11,13-14,20H,12H2,1-5H3,(H,23,26)/t20-/m0/s1. The lowest BCUT2D eigenvalue weighted by Crippen LogP contribution is -2.33. The summed E-state index contributed by atoms with van der Waals surface area (Å²) in [5.41, 5.74) is 3.16. The average molecular weight is 414 g/mol. The van der Waals surface area contributed by atoms with E-state index < -0.39 is 0 Å². The lowest BCUT2D eigenvalue weighted by atomic mass is 9.93. The number of aryl methyl sites for hydroxylation is 1. The Hall–Kier alpha value is -2.54. The summed E-state index contributed by atoms with van der Waals surface area (Å²) in [4.78, 5) is 12.5. The smallest absolute Gasteiger partial charge is 0.277 e. The van der Waals surface area contributed by atoms with E-state index in [1.165, 1.54) is 17.3 Å². The molecule has 1 aromatic carbocycles. The maximum atomic E-state index is 12.5. The number of carbonyl (C=O) groups excluding carboxylic acids is 1. The maximum Gasteiger partial charge on any atom is 0.277 e. The van der Waals surface area contributed by atoms with Crippen molar-refractivity contribution in [3.05, 3.63) is 53.5 Å². The molecule has 2 aromatic heterocycles. The Kier molecular flexibility index (Phi) is 6.79. The van der Waals surface area contributed by atoms with Crippen LogP contribution in [0.2, 0.25) is 0 Å². The number of thioether (sulfide) groups is 1. The van der Waals surface area contributed by atoms with Crippen LogP contribution >= 0.6 is 11.8 Å². The van der Waals surface area contributed by atoms with Gasteiger partial charge >= 0.3 is 0 Å². The monoisotopic (exact) mass is 413 g/mol. The Bertz CT molecular complexity index is 944. The van der Waals surface area contributed by atoms with Crippen molar-refractivity contribution >= 4 is 17.7 Å². The third kappa shape index (κ3) is 5.29. The summed E-state index contributed by atoms with van der Waals surface area (Å²) in [6.07, 6.45) is 1.58. The number of aromatic nitrogens is 2. The van der Waals surface area contributed by atoms with Crippen molar-refractivity contribution in [1.29, 1.82) is 0 Å². The Balaban J connectivity index is 1.60. The fourth-order valence-corrected chi connectivity index (χ4v) is 3.62. The second-order valence-corrected chi connectivity index (χ2v) is 8.59. The van der Waals surface area contributed by atoms with Gasteiger partial charge in [-0.1, -0.05) is 63.7 Å². The molecule has 7 heteroatoms. The second-order valence-electron chi connectivity index (χ2n) is 7.66. The van der Waals surface area contributed by atoms with E-state index >= 15 is 0 Å². The molecule has 1 amide bonds. The second kappa shape index (κ2) is 9.31. The molecule has 0 fully saturated rings. The highest BCUT2D eigenvalue weighted by atomic mass is 32.2. The summed E-state index contributed by atoms with van der Waals surface area (Å²) in [6, 6.07) is 10.2. The molecule has 0 aliphatic rings. The lowest BCUT2D eigenvalue weighted by molar-refractivity contribution is -0.119. The molecule has 0 unspecified atom stereocenters. The number of nitrogens with one attached hydrogen (secondary N) is 1. The van der Waals surface area contributed by atoms with E-state index in [0.29, 0.717) is 22.8 Å². The molecular weight excluding hydrogens is 386 g/mol. The van der Waals surface area contributed by atoms with Crippen LogP contribution in [0.15, 0.2) is 50.7 Å². The van der Waals surface area contributed by atoms with Crippen LogP contribution in [0, 0.1) is 12.8 Å². The van der Waals surface area contributed by atoms with Gasteiger partial charge in [0.2, 0.25) is 5.91 Å². The summed E-state index contributed by atoms with van der Waals surface area (Å²) in [5.74, 6) is 2.00. The zero-order chi connectivity index (χ0) is 21.0. The highest BCUT2D eigenvalue weighted by Gasteiger charge is 2.20. The van der Waals surface area contributed by atoms with Crippen LogP contribution in [-0.4, -0.2) is 21.9 Å². The quantitative estimate of drug-likeness (QED) is 0.500. The number of hydrogen-bond acceptors (Lipinski definition) is 6. The fourth-order valence-electron chi connectivity index (χ4n) is 3.05. The van der Waals surface area contributed by atoms with Crippen molar-refractivity contribution in [3.63, 3.8) is 0 Å². The number of furan rings is 1. The van der Waals surface area contributed by atoms with E-state index in [4.69, 9.17) is 8.83 Å². The lowest BCUT2D eigenvalue weighted by Gasteiger charge is -2.23. The minimum atomic E-state index is -0.0686. The van der Waals surface area contributed by atoms with E-state index in [1.807, 2.05) is 6.92 Å². The third-order valence-electron chi connectivity index (χ3n) is 4.77. The number of hydrogen-bond donors (Lipinski definition) is 1.